The number of amides is 3. The number of nitrogens with zero attached hydrogens (tertiary/aromatic N) is 2. The third kappa shape index (κ3) is 5.12. The third-order valence-electron chi connectivity index (χ3n) is 5.63. The van der Waals surface area contributed by atoms with E-state index >= 15 is 0 Å². The molecule has 9 nitrogen and oxygen atoms in total. The molecular weight excluding hydrogens is 441 g/mol. The van der Waals surface area contributed by atoms with E-state index in [1.54, 1.807) is 29.2 Å². The molecule has 3 amide bonds. The number of hydrogen-bond donors (Lipinski definition) is 4. The number of rotatable bonds is 6. The molecular formula is C24H24FN5O4. The van der Waals surface area contributed by atoms with Gasteiger partial charge in [0.15, 0.2) is 0 Å². The Morgan fingerprint density at radius 1 is 1.15 bits per heavy atom. The number of aromatic amines is 1. The second kappa shape index (κ2) is 10.3. The lowest BCUT2D eigenvalue weighted by Crippen LogP contribution is -2.37. The lowest BCUT2D eigenvalue weighted by molar-refractivity contribution is 0.0941. The van der Waals surface area contributed by atoms with Crippen molar-refractivity contribution in [1.29, 1.82) is 0 Å². The smallest absolute Gasteiger partial charge is 0.322 e. The molecule has 0 radical (unpaired) electrons. The summed E-state index contributed by atoms with van der Waals surface area (Å²) in [7, 11) is 0. The van der Waals surface area contributed by atoms with Gasteiger partial charge in [0.2, 0.25) is 0 Å². The van der Waals surface area contributed by atoms with Crippen LogP contribution in [0.4, 0.5) is 14.9 Å². The molecule has 2 heterocycles. The van der Waals surface area contributed by atoms with E-state index in [-0.39, 0.29) is 29.7 Å². The number of aromatic nitrogens is 2. The summed E-state index contributed by atoms with van der Waals surface area (Å²) < 4.78 is 13.1. The minimum Gasteiger partial charge on any atom is -0.391 e. The van der Waals surface area contributed by atoms with Gasteiger partial charge in [0.1, 0.15) is 17.3 Å². The Morgan fingerprint density at radius 2 is 1.88 bits per heavy atom. The predicted molar refractivity (Wildman–Crippen MR) is 122 cm³/mol. The number of nitrogens with one attached hydrogen (secondary N) is 3. The molecule has 1 saturated heterocycles. The van der Waals surface area contributed by atoms with Crippen LogP contribution in [0.15, 0.2) is 59.4 Å². The number of benzene rings is 2. The first-order valence-electron chi connectivity index (χ1n) is 10.9. The Bertz CT molecular complexity index is 1230. The normalized spacial score (nSPS) is 15.2. The van der Waals surface area contributed by atoms with E-state index in [2.05, 4.69) is 20.6 Å². The predicted octanol–water partition coefficient (Wildman–Crippen LogP) is 2.70. The van der Waals surface area contributed by atoms with E-state index in [1.165, 1.54) is 24.3 Å². The van der Waals surface area contributed by atoms with Crippen LogP contribution in [0.2, 0.25) is 0 Å². The van der Waals surface area contributed by atoms with Crippen LogP contribution < -0.4 is 16.2 Å². The summed E-state index contributed by atoms with van der Waals surface area (Å²) in [6.45, 7) is -0.130. The summed E-state index contributed by atoms with van der Waals surface area (Å²) >= 11 is 0. The average Bonchev–Trinajstić information content (AvgIpc) is 3.34. The maximum absolute atomic E-state index is 13.1. The maximum Gasteiger partial charge on any atom is 0.322 e. The SMILES string of the molecule is O=C(NCc1ccc(F)cc1)c1nc(C2CCCN2C(=O)Nc2ccccc2)[nH]c(=O)c1CO. The van der Waals surface area contributed by atoms with Crippen LogP contribution in [0.5, 0.6) is 0 Å². The summed E-state index contributed by atoms with van der Waals surface area (Å²) in [4.78, 5) is 46.9. The number of anilines is 1. The molecule has 4 N–H and O–H groups in total. The number of aliphatic hydroxyl groups is 1. The lowest BCUT2D eigenvalue weighted by Gasteiger charge is -2.24. The van der Waals surface area contributed by atoms with E-state index < -0.39 is 29.9 Å². The third-order valence-corrected chi connectivity index (χ3v) is 5.63. The van der Waals surface area contributed by atoms with Crippen molar-refractivity contribution in [1.82, 2.24) is 20.2 Å². The van der Waals surface area contributed by atoms with Crippen molar-refractivity contribution in [3.8, 4) is 0 Å². The minimum absolute atomic E-state index is 0.0861. The van der Waals surface area contributed by atoms with Gasteiger partial charge in [-0.05, 0) is 42.7 Å². The van der Waals surface area contributed by atoms with Crippen molar-refractivity contribution >= 4 is 17.6 Å². The Balaban J connectivity index is 1.56. The molecule has 10 heteroatoms. The van der Waals surface area contributed by atoms with Crippen molar-refractivity contribution in [3.05, 3.63) is 93.4 Å². The lowest BCUT2D eigenvalue weighted by atomic mass is 10.1. The highest BCUT2D eigenvalue weighted by Gasteiger charge is 2.33. The van der Waals surface area contributed by atoms with Crippen molar-refractivity contribution in [3.63, 3.8) is 0 Å². The van der Waals surface area contributed by atoms with E-state index in [9.17, 15) is 23.9 Å². The first-order valence-corrected chi connectivity index (χ1v) is 10.9. The van der Waals surface area contributed by atoms with Gasteiger partial charge < -0.3 is 25.6 Å². The van der Waals surface area contributed by atoms with Crippen LogP contribution in [0.3, 0.4) is 0 Å². The molecule has 1 fully saturated rings. The summed E-state index contributed by atoms with van der Waals surface area (Å²) in [5.74, 6) is -0.871. The molecule has 0 aliphatic carbocycles. The van der Waals surface area contributed by atoms with Gasteiger partial charge in [0, 0.05) is 18.8 Å². The van der Waals surface area contributed by atoms with Gasteiger partial charge in [-0.15, -0.1) is 0 Å². The van der Waals surface area contributed by atoms with Crippen molar-refractivity contribution in [2.75, 3.05) is 11.9 Å². The minimum atomic E-state index is -0.676. The molecule has 1 unspecified atom stereocenters. The molecule has 0 spiro atoms. The molecule has 4 rings (SSSR count). The monoisotopic (exact) mass is 465 g/mol. The molecule has 3 aromatic rings. The quantitative estimate of drug-likeness (QED) is 0.445. The number of para-hydroxylation sites is 1. The maximum atomic E-state index is 13.1. The molecule has 1 atom stereocenters. The van der Waals surface area contributed by atoms with Gasteiger partial charge in [-0.2, -0.15) is 0 Å². The number of aliphatic hydroxyl groups excluding tert-OH is 1. The Labute approximate surface area is 194 Å². The van der Waals surface area contributed by atoms with Gasteiger partial charge >= 0.3 is 6.03 Å². The molecule has 176 valence electrons. The van der Waals surface area contributed by atoms with E-state index in [1.807, 2.05) is 6.07 Å². The highest BCUT2D eigenvalue weighted by Crippen LogP contribution is 2.30. The Morgan fingerprint density at radius 3 is 2.59 bits per heavy atom. The number of halogens is 1. The molecule has 1 aliphatic heterocycles. The topological polar surface area (TPSA) is 127 Å². The number of hydrogen-bond acceptors (Lipinski definition) is 5. The average molecular weight is 465 g/mol. The van der Waals surface area contributed by atoms with Gasteiger partial charge in [-0.25, -0.2) is 14.2 Å². The van der Waals surface area contributed by atoms with Gasteiger partial charge in [0.05, 0.1) is 18.2 Å². The number of urea groups is 1. The van der Waals surface area contributed by atoms with Gasteiger partial charge in [-0.3, -0.25) is 9.59 Å². The molecule has 1 aliphatic rings. The second-order valence-electron chi connectivity index (χ2n) is 7.89. The fraction of sp³-hybridized carbons (Fsp3) is 0.250. The molecule has 2 aromatic carbocycles. The zero-order chi connectivity index (χ0) is 24.1. The zero-order valence-corrected chi connectivity index (χ0v) is 18.3. The molecule has 0 saturated carbocycles. The number of carbonyl (C=O) groups excluding carboxylic acids is 2. The summed E-state index contributed by atoms with van der Waals surface area (Å²) in [5.41, 5.74) is 0.271. The summed E-state index contributed by atoms with van der Waals surface area (Å²) in [6.07, 6.45) is 1.25. The molecule has 1 aromatic heterocycles. The standard InChI is InChI=1S/C24H24FN5O4/c25-16-10-8-15(9-11-16)13-26-23(33)20-18(14-31)22(32)29-21(28-20)19-7-4-12-30(19)24(34)27-17-5-2-1-3-6-17/h1-3,5-6,8-11,19,31H,4,7,12-14H2,(H,26,33)(H,27,34)(H,28,29,32). The van der Waals surface area contributed by atoms with Crippen molar-refractivity contribution in [2.45, 2.75) is 32.0 Å². The van der Waals surface area contributed by atoms with Crippen LogP contribution in [0, 0.1) is 5.82 Å². The number of H-pyrrole nitrogens is 1. The van der Waals surface area contributed by atoms with E-state index in [0.717, 1.165) is 0 Å². The molecule has 0 bridgehead atoms. The van der Waals surface area contributed by atoms with E-state index in [0.29, 0.717) is 30.6 Å². The van der Waals surface area contributed by atoms with Crippen LogP contribution in [-0.4, -0.2) is 38.5 Å². The largest absolute Gasteiger partial charge is 0.391 e. The van der Waals surface area contributed by atoms with Crippen LogP contribution in [0.25, 0.3) is 0 Å². The summed E-state index contributed by atoms with van der Waals surface area (Å²) in [5, 5.41) is 15.1. The molecule has 34 heavy (non-hydrogen) atoms. The van der Waals surface area contributed by atoms with Crippen LogP contribution in [0.1, 0.15) is 46.3 Å². The van der Waals surface area contributed by atoms with Gasteiger partial charge in [0.25, 0.3) is 11.5 Å². The first-order chi connectivity index (χ1) is 16.5. The fourth-order valence-corrected chi connectivity index (χ4v) is 3.89. The highest BCUT2D eigenvalue weighted by atomic mass is 19.1. The Kier molecular flexibility index (Phi) is 6.98. The summed E-state index contributed by atoms with van der Waals surface area (Å²) in [6, 6.07) is 13.7. The zero-order valence-electron chi connectivity index (χ0n) is 18.3. The van der Waals surface area contributed by atoms with Crippen molar-refractivity contribution in [2.24, 2.45) is 0 Å². The van der Waals surface area contributed by atoms with Crippen molar-refractivity contribution < 1.29 is 19.1 Å². The Hall–Kier alpha value is -4.05. The van der Waals surface area contributed by atoms with Gasteiger partial charge in [-0.1, -0.05) is 30.3 Å². The number of likely N-dealkylation sites (tertiary alicyclic amines) is 1. The van der Waals surface area contributed by atoms with E-state index in [4.69, 9.17) is 0 Å². The fourth-order valence-electron chi connectivity index (χ4n) is 3.89. The highest BCUT2D eigenvalue weighted by molar-refractivity contribution is 5.93. The first kappa shape index (κ1) is 23.1. The number of carbonyl (C=O) groups is 2. The van der Waals surface area contributed by atoms with Crippen LogP contribution in [-0.2, 0) is 13.2 Å². The second-order valence-corrected chi connectivity index (χ2v) is 7.89. The van der Waals surface area contributed by atoms with Crippen LogP contribution >= 0.6 is 0 Å².